The molecule has 2 nitrogen and oxygen atoms in total. The Hall–Kier alpha value is -1.28. The molecule has 2 rings (SSSR count). The predicted molar refractivity (Wildman–Crippen MR) is 79.4 cm³/mol. The van der Waals surface area contributed by atoms with E-state index in [0.717, 1.165) is 11.0 Å². The van der Waals surface area contributed by atoms with E-state index in [0.29, 0.717) is 5.76 Å². The third-order valence-corrected chi connectivity index (χ3v) is 3.65. The lowest BCUT2D eigenvalue weighted by Crippen LogP contribution is -2.11. The van der Waals surface area contributed by atoms with Crippen LogP contribution >= 0.6 is 0 Å². The summed E-state index contributed by atoms with van der Waals surface area (Å²) in [5.74, 6) is 0.823. The van der Waals surface area contributed by atoms with Crippen molar-refractivity contribution in [3.63, 3.8) is 0 Å². The van der Waals surface area contributed by atoms with Crippen molar-refractivity contribution < 1.29 is 9.52 Å². The number of hydrogen-bond donors (Lipinski definition) is 1. The Morgan fingerprint density at radius 2 is 1.79 bits per heavy atom. The molecule has 1 aromatic carbocycles. The second kappa shape index (κ2) is 4.68. The summed E-state index contributed by atoms with van der Waals surface area (Å²) in [5, 5.41) is 11.3. The van der Waals surface area contributed by atoms with Crippen LogP contribution in [-0.2, 0) is 5.41 Å². The van der Waals surface area contributed by atoms with Gasteiger partial charge < -0.3 is 9.52 Å². The second-order valence-corrected chi connectivity index (χ2v) is 6.76. The topological polar surface area (TPSA) is 33.4 Å². The maximum absolute atomic E-state index is 10.2. The lowest BCUT2D eigenvalue weighted by Gasteiger charge is -2.19. The maximum Gasteiger partial charge on any atom is 0.138 e. The van der Waals surface area contributed by atoms with Gasteiger partial charge in [-0.25, -0.2) is 0 Å². The van der Waals surface area contributed by atoms with Gasteiger partial charge in [0.25, 0.3) is 0 Å². The van der Waals surface area contributed by atoms with Crippen LogP contribution in [0.2, 0.25) is 0 Å². The number of aliphatic hydroxyl groups excluding tert-OH is 1. The first-order valence-electron chi connectivity index (χ1n) is 6.93. The Labute approximate surface area is 115 Å². The molecule has 0 saturated carbocycles. The third-order valence-electron chi connectivity index (χ3n) is 3.65. The number of fused-ring (bicyclic) bond motifs is 1. The lowest BCUT2D eigenvalue weighted by atomic mass is 9.85. The largest absolute Gasteiger partial charge is 0.458 e. The predicted octanol–water partition coefficient (Wildman–Crippen LogP) is 4.73. The Kier molecular flexibility index (Phi) is 3.48. The molecule has 0 spiro atoms. The van der Waals surface area contributed by atoms with Crippen LogP contribution in [0.15, 0.2) is 22.6 Å². The molecule has 0 saturated heterocycles. The first-order valence-corrected chi connectivity index (χ1v) is 6.93. The van der Waals surface area contributed by atoms with Gasteiger partial charge >= 0.3 is 0 Å². The van der Waals surface area contributed by atoms with Gasteiger partial charge in [0.2, 0.25) is 0 Å². The van der Waals surface area contributed by atoms with Crippen molar-refractivity contribution in [2.24, 2.45) is 5.92 Å². The smallest absolute Gasteiger partial charge is 0.138 e. The van der Waals surface area contributed by atoms with E-state index in [1.807, 2.05) is 19.9 Å². The van der Waals surface area contributed by atoms with Gasteiger partial charge in [0.05, 0.1) is 0 Å². The SMILES string of the molecule is Cc1ccc(C(C)(C)C)c2oc(C(O)C(C)C)cc12. The van der Waals surface area contributed by atoms with E-state index in [2.05, 4.69) is 39.8 Å². The van der Waals surface area contributed by atoms with Gasteiger partial charge in [-0.3, -0.25) is 0 Å². The molecule has 1 heterocycles. The second-order valence-electron chi connectivity index (χ2n) is 6.76. The molecule has 0 bridgehead atoms. The number of aryl methyl sites for hydroxylation is 1. The summed E-state index contributed by atoms with van der Waals surface area (Å²) in [6, 6.07) is 6.25. The van der Waals surface area contributed by atoms with Crippen LogP contribution in [-0.4, -0.2) is 5.11 Å². The van der Waals surface area contributed by atoms with Crippen LogP contribution in [0.5, 0.6) is 0 Å². The van der Waals surface area contributed by atoms with Gasteiger partial charge in [0.15, 0.2) is 0 Å². The Balaban J connectivity index is 2.67. The van der Waals surface area contributed by atoms with E-state index in [4.69, 9.17) is 4.42 Å². The standard InChI is InChI=1S/C17H24O2/c1-10(2)15(18)14-9-12-11(3)7-8-13(16(12)19-14)17(4,5)6/h7-10,15,18H,1-6H3. The van der Waals surface area contributed by atoms with Gasteiger partial charge in [-0.05, 0) is 29.9 Å². The normalized spacial score (nSPS) is 14.3. The monoisotopic (exact) mass is 260 g/mol. The van der Waals surface area contributed by atoms with Gasteiger partial charge in [-0.15, -0.1) is 0 Å². The number of aliphatic hydroxyl groups is 1. The van der Waals surface area contributed by atoms with E-state index in [-0.39, 0.29) is 11.3 Å². The van der Waals surface area contributed by atoms with Gasteiger partial charge in [-0.2, -0.15) is 0 Å². The molecule has 0 fully saturated rings. The molecule has 0 aliphatic carbocycles. The summed E-state index contributed by atoms with van der Waals surface area (Å²) in [5.41, 5.74) is 3.33. The van der Waals surface area contributed by atoms with E-state index in [1.165, 1.54) is 11.1 Å². The molecule has 2 heteroatoms. The fraction of sp³-hybridized carbons (Fsp3) is 0.529. The highest BCUT2D eigenvalue weighted by atomic mass is 16.4. The molecular weight excluding hydrogens is 236 g/mol. The number of benzene rings is 1. The molecule has 104 valence electrons. The zero-order chi connectivity index (χ0) is 14.4. The highest BCUT2D eigenvalue weighted by Gasteiger charge is 2.23. The number of furan rings is 1. The molecule has 1 N–H and O–H groups in total. The summed E-state index contributed by atoms with van der Waals surface area (Å²) in [6.45, 7) is 12.6. The van der Waals surface area contributed by atoms with Crippen molar-refractivity contribution >= 4 is 11.0 Å². The average molecular weight is 260 g/mol. The fourth-order valence-corrected chi connectivity index (χ4v) is 2.34. The minimum absolute atomic E-state index is 0.0316. The molecule has 0 aliphatic heterocycles. The number of hydrogen-bond acceptors (Lipinski definition) is 2. The molecule has 1 aromatic heterocycles. The third kappa shape index (κ3) is 2.55. The zero-order valence-electron chi connectivity index (χ0n) is 12.7. The maximum atomic E-state index is 10.2. The molecule has 1 atom stereocenters. The van der Waals surface area contributed by atoms with Crippen LogP contribution in [0.4, 0.5) is 0 Å². The van der Waals surface area contributed by atoms with Crippen molar-refractivity contribution in [2.45, 2.75) is 53.1 Å². The van der Waals surface area contributed by atoms with Crippen molar-refractivity contribution in [3.8, 4) is 0 Å². The van der Waals surface area contributed by atoms with Gasteiger partial charge in [0, 0.05) is 10.9 Å². The Morgan fingerprint density at radius 3 is 2.32 bits per heavy atom. The van der Waals surface area contributed by atoms with Gasteiger partial charge in [-0.1, -0.05) is 46.8 Å². The van der Waals surface area contributed by atoms with Crippen LogP contribution in [0.25, 0.3) is 11.0 Å². The van der Waals surface area contributed by atoms with E-state index in [1.54, 1.807) is 0 Å². The molecule has 0 amide bonds. The summed E-state index contributed by atoms with van der Waals surface area (Å²) >= 11 is 0. The lowest BCUT2D eigenvalue weighted by molar-refractivity contribution is 0.104. The molecular formula is C17H24O2. The van der Waals surface area contributed by atoms with E-state index >= 15 is 0 Å². The zero-order valence-corrected chi connectivity index (χ0v) is 12.7. The highest BCUT2D eigenvalue weighted by Crippen LogP contribution is 2.36. The van der Waals surface area contributed by atoms with Gasteiger partial charge in [0.1, 0.15) is 17.4 Å². The first kappa shape index (κ1) is 14.1. The molecule has 2 aromatic rings. The Bertz CT molecular complexity index is 585. The van der Waals surface area contributed by atoms with Crippen LogP contribution in [0, 0.1) is 12.8 Å². The minimum atomic E-state index is -0.542. The van der Waals surface area contributed by atoms with Crippen molar-refractivity contribution in [2.75, 3.05) is 0 Å². The van der Waals surface area contributed by atoms with Crippen LogP contribution in [0.3, 0.4) is 0 Å². The van der Waals surface area contributed by atoms with Crippen LogP contribution < -0.4 is 0 Å². The summed E-state index contributed by atoms with van der Waals surface area (Å²) in [7, 11) is 0. The Morgan fingerprint density at radius 1 is 1.16 bits per heavy atom. The van der Waals surface area contributed by atoms with Crippen molar-refractivity contribution in [3.05, 3.63) is 35.1 Å². The molecule has 1 unspecified atom stereocenters. The van der Waals surface area contributed by atoms with Crippen molar-refractivity contribution in [1.82, 2.24) is 0 Å². The van der Waals surface area contributed by atoms with E-state index in [9.17, 15) is 5.11 Å². The molecule has 0 aliphatic rings. The summed E-state index contributed by atoms with van der Waals surface area (Å²) in [6.07, 6.45) is -0.542. The van der Waals surface area contributed by atoms with Crippen LogP contribution in [0.1, 0.15) is 57.6 Å². The molecule has 19 heavy (non-hydrogen) atoms. The quantitative estimate of drug-likeness (QED) is 0.847. The average Bonchev–Trinajstić information content (AvgIpc) is 2.71. The summed E-state index contributed by atoms with van der Waals surface area (Å²) < 4.78 is 5.98. The first-order chi connectivity index (χ1) is 8.71. The minimum Gasteiger partial charge on any atom is -0.458 e. The molecule has 0 radical (unpaired) electrons. The fourth-order valence-electron chi connectivity index (χ4n) is 2.34. The van der Waals surface area contributed by atoms with E-state index < -0.39 is 6.10 Å². The number of rotatable bonds is 2. The van der Waals surface area contributed by atoms with Crippen molar-refractivity contribution in [1.29, 1.82) is 0 Å². The highest BCUT2D eigenvalue weighted by molar-refractivity contribution is 5.85. The summed E-state index contributed by atoms with van der Waals surface area (Å²) in [4.78, 5) is 0.